The molecule has 134 heavy (non-hydrogen) atoms. The third-order valence-electron chi connectivity index (χ3n) is 17.4. The minimum Gasteiger partial charge on any atom is -0.207 e. The minimum atomic E-state index is -0.888. The first-order chi connectivity index (χ1) is 63.6. The largest absolute Gasteiger partial charge is 0.207 e. The number of aryl methyl sites for hydroxylation is 10. The van der Waals surface area contributed by atoms with Gasteiger partial charge in [0.15, 0.2) is 0 Å². The maximum atomic E-state index is 12.4. The van der Waals surface area contributed by atoms with Crippen LogP contribution in [0.15, 0.2) is 279 Å². The Morgan fingerprint density at radius 2 is 0.455 bits per heavy atom. The van der Waals surface area contributed by atoms with Gasteiger partial charge >= 0.3 is 0 Å². The van der Waals surface area contributed by atoms with Gasteiger partial charge in [0.2, 0.25) is 0 Å². The average molecular weight is 1810 g/mol. The first-order valence-electron chi connectivity index (χ1n) is 39.6. The van der Waals surface area contributed by atoms with E-state index in [1.54, 1.807) is 126 Å². The topological polar surface area (TPSA) is 285 Å². The van der Waals surface area contributed by atoms with Gasteiger partial charge in [-0.25, -0.2) is 52.7 Å². The van der Waals surface area contributed by atoms with Crippen molar-refractivity contribution in [3.05, 3.63) is 494 Å². The van der Waals surface area contributed by atoms with E-state index in [-0.39, 0.29) is 28.6 Å². The van der Waals surface area contributed by atoms with Crippen molar-refractivity contribution in [3.8, 4) is 72.8 Å². The molecule has 0 bridgehead atoms. The van der Waals surface area contributed by atoms with Crippen molar-refractivity contribution >= 4 is 0 Å². The van der Waals surface area contributed by atoms with Crippen LogP contribution in [-0.4, -0.2) is 0 Å². The summed E-state index contributed by atoms with van der Waals surface area (Å²) in [7, 11) is 0. The first-order valence-corrected chi connectivity index (χ1v) is 39.6. The van der Waals surface area contributed by atoms with Crippen molar-refractivity contribution in [2.45, 2.75) is 96.9 Å². The molecule has 0 aliphatic heterocycles. The van der Waals surface area contributed by atoms with Crippen molar-refractivity contribution < 1.29 is 52.7 Å². The molecule has 0 radical (unpaired) electrons. The van der Waals surface area contributed by atoms with Crippen molar-refractivity contribution in [2.24, 2.45) is 0 Å². The van der Waals surface area contributed by atoms with E-state index in [1.165, 1.54) is 104 Å². The molecule has 14 aromatic carbocycles. The summed E-state index contributed by atoms with van der Waals surface area (Å²) in [5.41, 5.74) is 17.0. The molecule has 0 aliphatic carbocycles. The van der Waals surface area contributed by atoms with E-state index in [2.05, 4.69) is 18.2 Å². The van der Waals surface area contributed by atoms with Gasteiger partial charge in [0.25, 0.3) is 0 Å². The third-order valence-corrected chi connectivity index (χ3v) is 17.4. The Bertz CT molecular complexity index is 6500. The Balaban J connectivity index is 0.000000723. The Hall–Kier alpha value is -17.9. The highest BCUT2D eigenvalue weighted by molar-refractivity contribution is 5.53. The fourth-order valence-corrected chi connectivity index (χ4v) is 9.80. The lowest BCUT2D eigenvalue weighted by atomic mass is 10.0. The number of hydrogen-bond acceptors (Lipinski definition) is 12. The Labute approximate surface area is 774 Å². The van der Waals surface area contributed by atoms with E-state index in [1.807, 2.05) is 182 Å². The number of nitriles is 12. The molecule has 0 N–H and O–H groups in total. The monoisotopic (exact) mass is 1800 g/mol. The molecule has 0 unspecified atom stereocenters. The molecule has 0 saturated heterocycles. The molecule has 24 heteroatoms. The van der Waals surface area contributed by atoms with Gasteiger partial charge in [-0.2, -0.15) is 63.1 Å². The predicted molar refractivity (Wildman–Crippen MR) is 493 cm³/mol. The zero-order chi connectivity index (χ0) is 101. The number of benzene rings is 14. The maximum absolute atomic E-state index is 12.4. The summed E-state index contributed by atoms with van der Waals surface area (Å²) < 4.78 is 147. The third kappa shape index (κ3) is 46.0. The molecule has 0 aromatic heterocycles. The van der Waals surface area contributed by atoms with E-state index in [0.29, 0.717) is 84.5 Å². The van der Waals surface area contributed by atoms with E-state index in [4.69, 9.17) is 63.1 Å². The van der Waals surface area contributed by atoms with Gasteiger partial charge in [-0.1, -0.05) is 120 Å². The zero-order valence-electron chi connectivity index (χ0n) is 75.5. The molecule has 12 nitrogen and oxygen atoms in total. The molecule has 672 valence electrons. The highest BCUT2D eigenvalue weighted by Gasteiger charge is 2.09. The van der Waals surface area contributed by atoms with Gasteiger partial charge in [-0.05, 0) is 298 Å². The van der Waals surface area contributed by atoms with Crippen LogP contribution < -0.4 is 0 Å². The van der Waals surface area contributed by atoms with Crippen LogP contribution in [0.4, 0.5) is 52.7 Å². The normalized spacial score (nSPS) is 8.88. The van der Waals surface area contributed by atoms with Crippen LogP contribution in [-0.2, 0) is 0 Å². The van der Waals surface area contributed by atoms with E-state index in [0.717, 1.165) is 67.8 Å². The molecule has 0 spiro atoms. The smallest absolute Gasteiger partial charge is 0.131 e. The summed E-state index contributed by atoms with van der Waals surface area (Å²) in [5.74, 6) is -6.10. The molecule has 0 atom stereocenters. The summed E-state index contributed by atoms with van der Waals surface area (Å²) in [6.07, 6.45) is 0. The average Bonchev–Trinajstić information content (AvgIpc) is 0.833. The molecule has 0 aliphatic rings. The van der Waals surface area contributed by atoms with Crippen molar-refractivity contribution in [2.75, 3.05) is 0 Å². The highest BCUT2D eigenvalue weighted by Crippen LogP contribution is 2.19. The van der Waals surface area contributed by atoms with Crippen LogP contribution >= 0.6 is 0 Å². The fourth-order valence-electron chi connectivity index (χ4n) is 9.80. The van der Waals surface area contributed by atoms with Crippen molar-refractivity contribution in [1.29, 1.82) is 63.1 Å². The fraction of sp³-hybridized carbons (Fsp3) is 0.127. The minimum absolute atomic E-state index is 0.0810. The van der Waals surface area contributed by atoms with E-state index >= 15 is 0 Å². The Morgan fingerprint density at radius 1 is 0.149 bits per heavy atom. The standard InChI is InChI=1S/C10H5N3.3C9H6N2.3C8H7N.C7H5F3.3C7H6F2.3C7H7F/c1-7-9(5-12)2-8(4-11)3-10(7)6-13;1-7-2-8(5-10)4-9(3-7)6-11;1-7-2-3-8(5-10)4-9(7)6-11;1-7-8(5-10)3-2-4-9(7)6-11;1-7-2-4-8(6-9)5-3-7;1-7-3-2-4-8(5-7)6-9;1-7-4-2-3-5-8(7)6-9;1-4-6(9)2-5(8)3-7(4)10;1-5-2-6(8)4-7(9)3-5;1-5-2-3-6(8)4-7(5)9;1-5-6(8)3-2-4-7(5)9;1-6-2-4-7(8)5-3-6;1-6-3-2-4-7(8)5-6;1-6-4-2-3-5-7(6)8/h2-3H,1H3;3*2-4H,1H3;3*2-5H,1H3;2-3H,1H3;3*2-4H,1H3;3*2-5H,1H3. The van der Waals surface area contributed by atoms with Crippen LogP contribution in [0, 0.1) is 303 Å². The maximum Gasteiger partial charge on any atom is 0.131 e. The molecule has 0 fully saturated rings. The van der Waals surface area contributed by atoms with Crippen LogP contribution in [0.5, 0.6) is 0 Å². The quantitative estimate of drug-likeness (QED) is 0.128. The van der Waals surface area contributed by atoms with E-state index in [9.17, 15) is 52.7 Å². The zero-order valence-corrected chi connectivity index (χ0v) is 75.5. The van der Waals surface area contributed by atoms with Crippen molar-refractivity contribution in [1.82, 2.24) is 0 Å². The Morgan fingerprint density at radius 3 is 0.828 bits per heavy atom. The summed E-state index contributed by atoms with van der Waals surface area (Å²) in [5, 5.41) is 103. The molecule has 0 saturated carbocycles. The van der Waals surface area contributed by atoms with Crippen LogP contribution in [0.3, 0.4) is 0 Å². The lowest BCUT2D eigenvalue weighted by Gasteiger charge is -1.99. The summed E-state index contributed by atoms with van der Waals surface area (Å²) in [4.78, 5) is 0. The SMILES string of the molecule is Cc1c(C#N)cc(C#N)cc1C#N.Cc1c(C#N)cccc1C#N.Cc1c(F)cc(F)cc1F.Cc1c(F)cccc1F.Cc1cc(C#N)cc(C#N)c1.Cc1cc(F)cc(F)c1.Cc1ccc(C#N)cc1.Cc1ccc(C#N)cc1C#N.Cc1ccc(F)cc1.Cc1ccc(F)cc1F.Cc1cccc(C#N)c1.Cc1cccc(F)c1.Cc1ccccc1C#N.Cc1ccccc1F. The van der Waals surface area contributed by atoms with E-state index < -0.39 is 52.4 Å². The molecular weight excluding hydrogens is 1720 g/mol. The van der Waals surface area contributed by atoms with Crippen LogP contribution in [0.25, 0.3) is 0 Å². The summed E-state index contributed by atoms with van der Waals surface area (Å²) >= 11 is 0. The lowest BCUT2D eigenvalue weighted by molar-refractivity contribution is 0.532. The van der Waals surface area contributed by atoms with Gasteiger partial charge in [0.1, 0.15) is 69.8 Å². The molecule has 14 aromatic rings. The molecule has 0 heterocycles. The van der Waals surface area contributed by atoms with Gasteiger partial charge in [0.05, 0.1) is 140 Å². The number of halogens is 12. The molecular formula is C110H88F12N12. The summed E-state index contributed by atoms with van der Waals surface area (Å²) in [6, 6.07) is 96.4. The van der Waals surface area contributed by atoms with Crippen molar-refractivity contribution in [3.63, 3.8) is 0 Å². The molecule has 14 rings (SSSR count). The second-order valence-electron chi connectivity index (χ2n) is 28.2. The highest BCUT2D eigenvalue weighted by atomic mass is 19.2. The Kier molecular flexibility index (Phi) is 53.8. The second-order valence-corrected chi connectivity index (χ2v) is 28.2. The first kappa shape index (κ1) is 114. The molecule has 0 amide bonds. The van der Waals surface area contributed by atoms with Crippen LogP contribution in [0.1, 0.15) is 145 Å². The lowest BCUT2D eigenvalue weighted by Crippen LogP contribution is -1.90. The van der Waals surface area contributed by atoms with Crippen LogP contribution in [0.2, 0.25) is 0 Å². The summed E-state index contributed by atoms with van der Waals surface area (Å²) in [6.45, 7) is 24.5. The second kappa shape index (κ2) is 63.1. The van der Waals surface area contributed by atoms with Gasteiger partial charge < -0.3 is 0 Å². The number of nitrogens with zero attached hydrogens (tertiary/aromatic N) is 12. The number of rotatable bonds is 0. The van der Waals surface area contributed by atoms with Gasteiger partial charge in [0, 0.05) is 35.4 Å². The van der Waals surface area contributed by atoms with Gasteiger partial charge in [-0.15, -0.1) is 0 Å². The van der Waals surface area contributed by atoms with Gasteiger partial charge in [-0.3, -0.25) is 0 Å². The number of hydrogen-bond donors (Lipinski definition) is 0. The predicted octanol–water partition coefficient (Wildman–Crippen LogP) is 28.1.